The molecule has 0 aromatic carbocycles. The van der Waals surface area contributed by atoms with E-state index in [4.69, 9.17) is 0 Å². The highest BCUT2D eigenvalue weighted by Gasteiger charge is 2.27. The summed E-state index contributed by atoms with van der Waals surface area (Å²) in [5.74, 6) is 3.08. The lowest BCUT2D eigenvalue weighted by Gasteiger charge is -2.35. The van der Waals surface area contributed by atoms with Gasteiger partial charge < -0.3 is 10.6 Å². The average Bonchev–Trinajstić information content (AvgIpc) is 2.38. The van der Waals surface area contributed by atoms with Crippen molar-refractivity contribution >= 4 is 11.6 Å². The van der Waals surface area contributed by atoms with Gasteiger partial charge in [0.1, 0.15) is 17.5 Å². The molecule has 2 rings (SSSR count). The molecule has 0 unspecified atom stereocenters. The van der Waals surface area contributed by atoms with Gasteiger partial charge in [0.25, 0.3) is 0 Å². The van der Waals surface area contributed by atoms with Crippen LogP contribution < -0.4 is 10.6 Å². The van der Waals surface area contributed by atoms with Crippen molar-refractivity contribution in [1.82, 2.24) is 9.97 Å². The zero-order valence-electron chi connectivity index (χ0n) is 12.6. The van der Waals surface area contributed by atoms with Crippen molar-refractivity contribution in [1.29, 1.82) is 0 Å². The third-order valence-electron chi connectivity index (χ3n) is 3.90. The fourth-order valence-electron chi connectivity index (χ4n) is 2.68. The van der Waals surface area contributed by atoms with Crippen LogP contribution in [0.2, 0.25) is 0 Å². The maximum atomic E-state index is 4.66. The Bertz CT molecular complexity index is 422. The van der Waals surface area contributed by atoms with E-state index < -0.39 is 0 Å². The van der Waals surface area contributed by atoms with Gasteiger partial charge in [-0.05, 0) is 19.8 Å². The molecule has 4 nitrogen and oxygen atoms in total. The van der Waals surface area contributed by atoms with Gasteiger partial charge in [0.05, 0.1) is 0 Å². The molecule has 1 aliphatic carbocycles. The molecule has 1 aliphatic rings. The van der Waals surface area contributed by atoms with Gasteiger partial charge in [0, 0.05) is 24.6 Å². The SMILES string of the molecule is CNc1cc(NC2(C)CCCCC2)nc(C(C)C)n1. The Morgan fingerprint density at radius 2 is 1.74 bits per heavy atom. The van der Waals surface area contributed by atoms with Crippen LogP contribution in [0.4, 0.5) is 11.6 Å². The van der Waals surface area contributed by atoms with E-state index in [0.717, 1.165) is 17.5 Å². The molecule has 0 radical (unpaired) electrons. The van der Waals surface area contributed by atoms with E-state index in [0.29, 0.717) is 5.92 Å². The first-order valence-electron chi connectivity index (χ1n) is 7.37. The average molecular weight is 262 g/mol. The standard InChI is InChI=1S/C15H26N4/c1-11(2)14-17-12(16-4)10-13(18-14)19-15(3)8-6-5-7-9-15/h10-11H,5-9H2,1-4H3,(H2,16,17,18,19). The van der Waals surface area contributed by atoms with Gasteiger partial charge in [-0.15, -0.1) is 0 Å². The molecule has 0 atom stereocenters. The number of rotatable bonds is 4. The summed E-state index contributed by atoms with van der Waals surface area (Å²) in [6, 6.07) is 2.01. The van der Waals surface area contributed by atoms with E-state index in [1.807, 2.05) is 13.1 Å². The summed E-state index contributed by atoms with van der Waals surface area (Å²) in [5, 5.41) is 6.76. The van der Waals surface area contributed by atoms with Gasteiger partial charge in [0.2, 0.25) is 0 Å². The monoisotopic (exact) mass is 262 g/mol. The molecule has 4 heteroatoms. The molecule has 0 saturated heterocycles. The van der Waals surface area contributed by atoms with Crippen LogP contribution in [0.5, 0.6) is 0 Å². The minimum absolute atomic E-state index is 0.186. The molecule has 1 fully saturated rings. The van der Waals surface area contributed by atoms with Gasteiger partial charge in [-0.25, -0.2) is 9.97 Å². The maximum absolute atomic E-state index is 4.66. The number of nitrogens with zero attached hydrogens (tertiary/aromatic N) is 2. The summed E-state index contributed by atoms with van der Waals surface area (Å²) in [4.78, 5) is 9.16. The first kappa shape index (κ1) is 14.1. The lowest BCUT2D eigenvalue weighted by molar-refractivity contribution is 0.348. The molecule has 0 amide bonds. The molecular formula is C15H26N4. The molecule has 0 spiro atoms. The van der Waals surface area contributed by atoms with Crippen molar-refractivity contribution in [2.45, 2.75) is 64.3 Å². The van der Waals surface area contributed by atoms with E-state index in [-0.39, 0.29) is 5.54 Å². The molecule has 0 bridgehead atoms. The summed E-state index contributed by atoms with van der Waals surface area (Å²) in [7, 11) is 1.90. The van der Waals surface area contributed by atoms with Crippen LogP contribution in [0.15, 0.2) is 6.07 Å². The van der Waals surface area contributed by atoms with Crippen LogP contribution in [0.1, 0.15) is 64.6 Å². The molecule has 0 aliphatic heterocycles. The van der Waals surface area contributed by atoms with Gasteiger partial charge in [-0.3, -0.25) is 0 Å². The fourth-order valence-corrected chi connectivity index (χ4v) is 2.68. The van der Waals surface area contributed by atoms with Gasteiger partial charge in [-0.1, -0.05) is 33.1 Å². The molecule has 2 N–H and O–H groups in total. The number of hydrogen-bond donors (Lipinski definition) is 2. The Morgan fingerprint density at radius 1 is 1.11 bits per heavy atom. The molecule has 1 aromatic rings. The van der Waals surface area contributed by atoms with Crippen LogP contribution in [0.3, 0.4) is 0 Å². The second-order valence-corrected chi connectivity index (χ2v) is 6.15. The van der Waals surface area contributed by atoms with Crippen molar-refractivity contribution in [3.8, 4) is 0 Å². The third kappa shape index (κ3) is 3.58. The first-order chi connectivity index (χ1) is 9.02. The van der Waals surface area contributed by atoms with Crippen molar-refractivity contribution < 1.29 is 0 Å². The van der Waals surface area contributed by atoms with Crippen LogP contribution in [-0.2, 0) is 0 Å². The summed E-state index contributed by atoms with van der Waals surface area (Å²) in [6.45, 7) is 6.56. The smallest absolute Gasteiger partial charge is 0.135 e. The first-order valence-corrected chi connectivity index (χ1v) is 7.37. The Kier molecular flexibility index (Phi) is 4.27. The van der Waals surface area contributed by atoms with Gasteiger partial charge in [-0.2, -0.15) is 0 Å². The predicted octanol–water partition coefficient (Wildman–Crippen LogP) is 3.78. The fraction of sp³-hybridized carbons (Fsp3) is 0.733. The third-order valence-corrected chi connectivity index (χ3v) is 3.90. The zero-order valence-corrected chi connectivity index (χ0v) is 12.6. The second-order valence-electron chi connectivity index (χ2n) is 6.15. The van der Waals surface area contributed by atoms with Gasteiger partial charge in [0.15, 0.2) is 0 Å². The summed E-state index contributed by atoms with van der Waals surface area (Å²) < 4.78 is 0. The number of anilines is 2. The van der Waals surface area contributed by atoms with E-state index >= 15 is 0 Å². The molecule has 1 aromatic heterocycles. The van der Waals surface area contributed by atoms with Crippen molar-refractivity contribution in [2.75, 3.05) is 17.7 Å². The highest BCUT2D eigenvalue weighted by molar-refractivity contribution is 5.49. The molecular weight excluding hydrogens is 236 g/mol. The van der Waals surface area contributed by atoms with E-state index in [1.165, 1.54) is 32.1 Å². The summed E-state index contributed by atoms with van der Waals surface area (Å²) in [6.07, 6.45) is 6.43. The minimum Gasteiger partial charge on any atom is -0.373 e. The van der Waals surface area contributed by atoms with Crippen LogP contribution in [0, 0.1) is 0 Å². The highest BCUT2D eigenvalue weighted by Crippen LogP contribution is 2.31. The Balaban J connectivity index is 2.21. The quantitative estimate of drug-likeness (QED) is 0.867. The second kappa shape index (κ2) is 5.76. The van der Waals surface area contributed by atoms with E-state index in [2.05, 4.69) is 41.4 Å². The van der Waals surface area contributed by atoms with Crippen molar-refractivity contribution in [2.24, 2.45) is 0 Å². The van der Waals surface area contributed by atoms with Crippen LogP contribution >= 0.6 is 0 Å². The maximum Gasteiger partial charge on any atom is 0.135 e. The van der Waals surface area contributed by atoms with Gasteiger partial charge >= 0.3 is 0 Å². The lowest BCUT2D eigenvalue weighted by Crippen LogP contribution is -2.37. The summed E-state index contributed by atoms with van der Waals surface area (Å²) >= 11 is 0. The van der Waals surface area contributed by atoms with E-state index in [9.17, 15) is 0 Å². The Morgan fingerprint density at radius 3 is 2.32 bits per heavy atom. The van der Waals surface area contributed by atoms with Crippen LogP contribution in [0.25, 0.3) is 0 Å². The normalized spacial score (nSPS) is 18.4. The number of hydrogen-bond acceptors (Lipinski definition) is 4. The lowest BCUT2D eigenvalue weighted by atomic mass is 9.83. The molecule has 1 heterocycles. The van der Waals surface area contributed by atoms with Crippen LogP contribution in [-0.4, -0.2) is 22.6 Å². The molecule has 19 heavy (non-hydrogen) atoms. The molecule has 106 valence electrons. The number of aromatic nitrogens is 2. The largest absolute Gasteiger partial charge is 0.373 e. The summed E-state index contributed by atoms with van der Waals surface area (Å²) in [5.41, 5.74) is 0.186. The van der Waals surface area contributed by atoms with E-state index in [1.54, 1.807) is 0 Å². The van der Waals surface area contributed by atoms with Crippen molar-refractivity contribution in [3.63, 3.8) is 0 Å². The number of nitrogens with one attached hydrogen (secondary N) is 2. The zero-order chi connectivity index (χ0) is 13.9. The topological polar surface area (TPSA) is 49.8 Å². The Labute approximate surface area is 116 Å². The molecule has 1 saturated carbocycles. The minimum atomic E-state index is 0.186. The Hall–Kier alpha value is -1.32. The predicted molar refractivity (Wildman–Crippen MR) is 80.8 cm³/mol. The highest BCUT2D eigenvalue weighted by atomic mass is 15.1. The van der Waals surface area contributed by atoms with Crippen molar-refractivity contribution in [3.05, 3.63) is 11.9 Å².